The molecule has 1 N–H and O–H groups in total. The van der Waals surface area contributed by atoms with Crippen molar-refractivity contribution in [3.05, 3.63) is 80.7 Å². The molecule has 0 spiro atoms. The van der Waals surface area contributed by atoms with E-state index < -0.39 is 5.91 Å². The molecule has 9 heteroatoms. The molecule has 0 heterocycles. The first-order valence-corrected chi connectivity index (χ1v) is 11.4. The van der Waals surface area contributed by atoms with Gasteiger partial charge in [0.25, 0.3) is 5.91 Å². The van der Waals surface area contributed by atoms with Crippen LogP contribution in [0.4, 0.5) is 4.39 Å². The lowest BCUT2D eigenvalue weighted by molar-refractivity contribution is 0.0954. The molecule has 0 aliphatic heterocycles. The number of carbonyl (C=O) groups is 1. The summed E-state index contributed by atoms with van der Waals surface area (Å²) in [7, 11) is 3.05. The van der Waals surface area contributed by atoms with Crippen molar-refractivity contribution >= 4 is 34.7 Å². The van der Waals surface area contributed by atoms with E-state index in [-0.39, 0.29) is 12.4 Å². The number of rotatable bonds is 10. The number of benzene rings is 3. The van der Waals surface area contributed by atoms with Gasteiger partial charge in [-0.05, 0) is 83.1 Å². The Bertz CT molecular complexity index is 1170. The topological polar surface area (TPSA) is 78.4 Å². The van der Waals surface area contributed by atoms with Crippen LogP contribution in [0.15, 0.2) is 59.7 Å². The Morgan fingerprint density at radius 1 is 1.00 bits per heavy atom. The molecule has 34 heavy (non-hydrogen) atoms. The second kappa shape index (κ2) is 12.2. The van der Waals surface area contributed by atoms with E-state index >= 15 is 0 Å². The van der Waals surface area contributed by atoms with Gasteiger partial charge in [-0.25, -0.2) is 9.82 Å². The molecule has 0 bridgehead atoms. The van der Waals surface area contributed by atoms with Gasteiger partial charge >= 0.3 is 0 Å². The third kappa shape index (κ3) is 6.60. The summed E-state index contributed by atoms with van der Waals surface area (Å²) in [6, 6.07) is 14.6. The van der Waals surface area contributed by atoms with Crippen LogP contribution in [0.3, 0.4) is 0 Å². The first kappa shape index (κ1) is 25.3. The van der Waals surface area contributed by atoms with Gasteiger partial charge in [0.05, 0.1) is 30.6 Å². The summed E-state index contributed by atoms with van der Waals surface area (Å²) >= 11 is 2.14. The van der Waals surface area contributed by atoms with Crippen LogP contribution >= 0.6 is 22.6 Å². The molecule has 0 atom stereocenters. The fourth-order valence-corrected chi connectivity index (χ4v) is 3.79. The van der Waals surface area contributed by atoms with Gasteiger partial charge < -0.3 is 18.9 Å². The Morgan fingerprint density at radius 3 is 2.41 bits per heavy atom. The van der Waals surface area contributed by atoms with E-state index in [2.05, 4.69) is 33.1 Å². The largest absolute Gasteiger partial charge is 0.493 e. The van der Waals surface area contributed by atoms with E-state index in [1.54, 1.807) is 36.4 Å². The molecule has 3 aromatic carbocycles. The molecule has 1 amide bonds. The summed E-state index contributed by atoms with van der Waals surface area (Å²) in [6.45, 7) is 2.63. The number of nitrogens with one attached hydrogen (secondary N) is 1. The lowest BCUT2D eigenvalue weighted by atomic mass is 10.2. The van der Waals surface area contributed by atoms with Crippen molar-refractivity contribution in [3.63, 3.8) is 0 Å². The van der Waals surface area contributed by atoms with Crippen molar-refractivity contribution in [1.82, 2.24) is 5.43 Å². The number of hydrogen-bond donors (Lipinski definition) is 1. The smallest absolute Gasteiger partial charge is 0.271 e. The van der Waals surface area contributed by atoms with Gasteiger partial charge in [0, 0.05) is 5.56 Å². The zero-order valence-corrected chi connectivity index (χ0v) is 21.1. The number of hydrazone groups is 1. The number of hydrogen-bond acceptors (Lipinski definition) is 6. The fraction of sp³-hybridized carbons (Fsp3) is 0.200. The number of ether oxygens (including phenoxy) is 4. The second-order valence-corrected chi connectivity index (χ2v) is 8.11. The van der Waals surface area contributed by atoms with Gasteiger partial charge in [-0.2, -0.15) is 5.10 Å². The number of methoxy groups -OCH3 is 2. The van der Waals surface area contributed by atoms with Crippen LogP contribution in [0.5, 0.6) is 23.0 Å². The Hall–Kier alpha value is -3.34. The Morgan fingerprint density at radius 2 is 1.74 bits per heavy atom. The van der Waals surface area contributed by atoms with Gasteiger partial charge in [-0.3, -0.25) is 4.79 Å². The molecule has 178 valence electrons. The van der Waals surface area contributed by atoms with Crippen molar-refractivity contribution in [3.8, 4) is 23.0 Å². The van der Waals surface area contributed by atoms with E-state index in [4.69, 9.17) is 18.9 Å². The standard InChI is InChI=1S/C25H24FIN2O5/c1-4-33-21-10-7-18(13-22(21)31-2)25(30)29-28-14-17-11-20(27)24(23(12-17)32-3)34-15-16-5-8-19(26)9-6-16/h5-14H,4,15H2,1-3H3,(H,29,30)/b28-14+. The first-order chi connectivity index (χ1) is 16.4. The van der Waals surface area contributed by atoms with Gasteiger partial charge in [-0.15, -0.1) is 0 Å². The average Bonchev–Trinajstić information content (AvgIpc) is 2.84. The lowest BCUT2D eigenvalue weighted by Gasteiger charge is -2.13. The van der Waals surface area contributed by atoms with E-state index in [1.807, 2.05) is 13.0 Å². The fourth-order valence-electron chi connectivity index (χ4n) is 3.00. The van der Waals surface area contributed by atoms with Crippen molar-refractivity contribution in [2.24, 2.45) is 5.10 Å². The molecule has 3 rings (SSSR count). The third-order valence-electron chi connectivity index (χ3n) is 4.65. The maximum atomic E-state index is 13.1. The van der Waals surface area contributed by atoms with Crippen LogP contribution in [0.25, 0.3) is 0 Å². The highest BCUT2D eigenvalue weighted by molar-refractivity contribution is 14.1. The van der Waals surface area contributed by atoms with E-state index in [9.17, 15) is 9.18 Å². The minimum Gasteiger partial charge on any atom is -0.493 e. The second-order valence-electron chi connectivity index (χ2n) is 6.95. The molecular formula is C25H24FIN2O5. The molecule has 0 aromatic heterocycles. The van der Waals surface area contributed by atoms with Crippen LogP contribution in [0, 0.1) is 9.39 Å². The van der Waals surface area contributed by atoms with Crippen LogP contribution < -0.4 is 24.4 Å². The minimum absolute atomic E-state index is 0.266. The highest BCUT2D eigenvalue weighted by Crippen LogP contribution is 2.34. The summed E-state index contributed by atoms with van der Waals surface area (Å²) in [6.07, 6.45) is 1.51. The highest BCUT2D eigenvalue weighted by atomic mass is 127. The zero-order chi connectivity index (χ0) is 24.5. The lowest BCUT2D eigenvalue weighted by Crippen LogP contribution is -2.17. The minimum atomic E-state index is -0.390. The van der Waals surface area contributed by atoms with E-state index in [1.165, 1.54) is 32.6 Å². The molecule has 0 radical (unpaired) electrons. The van der Waals surface area contributed by atoms with Crippen LogP contribution in [0.1, 0.15) is 28.4 Å². The summed E-state index contributed by atoms with van der Waals surface area (Å²) < 4.78 is 36.0. The predicted molar refractivity (Wildman–Crippen MR) is 136 cm³/mol. The first-order valence-electron chi connectivity index (χ1n) is 10.3. The zero-order valence-electron chi connectivity index (χ0n) is 18.9. The predicted octanol–water partition coefficient (Wildman–Crippen LogP) is 5.19. The van der Waals surface area contributed by atoms with Crippen molar-refractivity contribution in [2.75, 3.05) is 20.8 Å². The molecule has 0 saturated heterocycles. The maximum absolute atomic E-state index is 13.1. The van der Waals surface area contributed by atoms with E-state index in [0.717, 1.165) is 9.13 Å². The number of amides is 1. The van der Waals surface area contributed by atoms with Gasteiger partial charge in [0.1, 0.15) is 12.4 Å². The molecule has 0 aliphatic rings. The van der Waals surface area contributed by atoms with Gasteiger partial charge in [0.15, 0.2) is 23.0 Å². The third-order valence-corrected chi connectivity index (χ3v) is 5.45. The van der Waals surface area contributed by atoms with Crippen LogP contribution in [0.2, 0.25) is 0 Å². The normalized spacial score (nSPS) is 10.7. The molecule has 7 nitrogen and oxygen atoms in total. The summed E-state index contributed by atoms with van der Waals surface area (Å²) in [5.41, 5.74) is 4.43. The molecule has 0 fully saturated rings. The monoisotopic (exact) mass is 578 g/mol. The quantitative estimate of drug-likeness (QED) is 0.204. The molecule has 3 aromatic rings. The number of halogens is 2. The Balaban J connectivity index is 1.68. The molecular weight excluding hydrogens is 554 g/mol. The molecule has 0 aliphatic carbocycles. The van der Waals surface area contributed by atoms with Crippen molar-refractivity contribution in [1.29, 1.82) is 0 Å². The van der Waals surface area contributed by atoms with Crippen molar-refractivity contribution in [2.45, 2.75) is 13.5 Å². The highest BCUT2D eigenvalue weighted by Gasteiger charge is 2.13. The van der Waals surface area contributed by atoms with Gasteiger partial charge in [-0.1, -0.05) is 12.1 Å². The van der Waals surface area contributed by atoms with Crippen molar-refractivity contribution < 1.29 is 28.1 Å². The van der Waals surface area contributed by atoms with Crippen LogP contribution in [-0.2, 0) is 6.61 Å². The van der Waals surface area contributed by atoms with Crippen LogP contribution in [-0.4, -0.2) is 32.9 Å². The average molecular weight is 578 g/mol. The summed E-state index contributed by atoms with van der Waals surface area (Å²) in [5.74, 6) is 1.42. The number of carbonyl (C=O) groups excluding carboxylic acids is 1. The SMILES string of the molecule is CCOc1ccc(C(=O)N/N=C/c2cc(I)c(OCc3ccc(F)cc3)c(OC)c2)cc1OC. The van der Waals surface area contributed by atoms with Gasteiger partial charge in [0.2, 0.25) is 0 Å². The summed E-state index contributed by atoms with van der Waals surface area (Å²) in [5, 5.41) is 4.05. The van der Waals surface area contributed by atoms with E-state index in [0.29, 0.717) is 40.7 Å². The maximum Gasteiger partial charge on any atom is 0.271 e. The Kier molecular flexibility index (Phi) is 9.08. The Labute approximate surface area is 211 Å². The molecule has 0 saturated carbocycles. The number of nitrogens with zero attached hydrogens (tertiary/aromatic N) is 1. The molecule has 0 unspecified atom stereocenters. The summed E-state index contributed by atoms with van der Waals surface area (Å²) in [4.78, 5) is 12.5.